The van der Waals surface area contributed by atoms with E-state index < -0.39 is 0 Å². The van der Waals surface area contributed by atoms with Crippen molar-refractivity contribution in [2.45, 2.75) is 64.2 Å². The normalized spacial score (nSPS) is 18.2. The van der Waals surface area contributed by atoms with Crippen molar-refractivity contribution >= 4 is 11.9 Å². The van der Waals surface area contributed by atoms with Crippen molar-refractivity contribution in [2.24, 2.45) is 0 Å². The summed E-state index contributed by atoms with van der Waals surface area (Å²) < 4.78 is 10.4. The zero-order chi connectivity index (χ0) is 15.6. The molecule has 0 bridgehead atoms. The molecule has 4 nitrogen and oxygen atoms in total. The van der Waals surface area contributed by atoms with E-state index in [0.29, 0.717) is 13.2 Å². The van der Waals surface area contributed by atoms with Crippen LogP contribution in [0.25, 0.3) is 0 Å². The lowest BCUT2D eigenvalue weighted by molar-refractivity contribution is -0.149. The second-order valence-corrected chi connectivity index (χ2v) is 6.04. The molecule has 2 aliphatic carbocycles. The third-order valence-electron chi connectivity index (χ3n) is 4.14. The monoisotopic (exact) mass is 306 g/mol. The Balaban J connectivity index is 1.56. The van der Waals surface area contributed by atoms with Crippen LogP contribution in [0.4, 0.5) is 0 Å². The molecule has 0 aromatic carbocycles. The van der Waals surface area contributed by atoms with Crippen molar-refractivity contribution in [3.05, 3.63) is 23.3 Å². The Labute approximate surface area is 132 Å². The van der Waals surface area contributed by atoms with Crippen LogP contribution < -0.4 is 0 Å². The lowest BCUT2D eigenvalue weighted by atomic mass is 10.0. The highest BCUT2D eigenvalue weighted by Gasteiger charge is 2.12. The molecular formula is C18H26O4. The summed E-state index contributed by atoms with van der Waals surface area (Å²) in [6.45, 7) is 0.752. The van der Waals surface area contributed by atoms with E-state index in [1.54, 1.807) is 0 Å². The Kier molecular flexibility index (Phi) is 7.20. The molecule has 0 saturated heterocycles. The highest BCUT2D eigenvalue weighted by atomic mass is 16.5. The fraction of sp³-hybridized carbons (Fsp3) is 0.667. The first-order chi connectivity index (χ1) is 10.7. The predicted octanol–water partition coefficient (Wildman–Crippen LogP) is 3.85. The van der Waals surface area contributed by atoms with Crippen LogP contribution >= 0.6 is 0 Å². The Bertz CT molecular complexity index is 406. The minimum absolute atomic E-state index is 0.102. The van der Waals surface area contributed by atoms with Crippen LogP contribution in [-0.2, 0) is 19.1 Å². The molecule has 22 heavy (non-hydrogen) atoms. The molecule has 0 saturated carbocycles. The summed E-state index contributed by atoms with van der Waals surface area (Å²) in [5.41, 5.74) is 2.40. The van der Waals surface area contributed by atoms with Gasteiger partial charge in [0.25, 0.3) is 0 Å². The lowest BCUT2D eigenvalue weighted by Crippen LogP contribution is -2.13. The summed E-state index contributed by atoms with van der Waals surface area (Å²) in [4.78, 5) is 23.3. The van der Waals surface area contributed by atoms with Gasteiger partial charge in [0.05, 0.1) is 12.8 Å². The van der Waals surface area contributed by atoms with Crippen molar-refractivity contribution < 1.29 is 19.1 Å². The fourth-order valence-corrected chi connectivity index (χ4v) is 2.77. The van der Waals surface area contributed by atoms with Gasteiger partial charge < -0.3 is 9.47 Å². The molecule has 0 heterocycles. The fourth-order valence-electron chi connectivity index (χ4n) is 2.77. The molecule has 2 rings (SSSR count). The summed E-state index contributed by atoms with van der Waals surface area (Å²) >= 11 is 0. The maximum absolute atomic E-state index is 11.6. The summed E-state index contributed by atoms with van der Waals surface area (Å²) in [5.74, 6) is -0.638. The molecule has 0 radical (unpaired) electrons. The van der Waals surface area contributed by atoms with E-state index in [4.69, 9.17) is 9.47 Å². The molecule has 2 aliphatic rings. The standard InChI is InChI=1S/C18H26O4/c19-17(21-13-15-7-3-1-4-8-15)11-12-18(20)22-14-16-9-5-2-6-10-16/h7,9H,1-6,8,10-14H2. The average Bonchev–Trinajstić information content (AvgIpc) is 2.58. The summed E-state index contributed by atoms with van der Waals surface area (Å²) in [7, 11) is 0. The van der Waals surface area contributed by atoms with Crippen LogP contribution in [0.3, 0.4) is 0 Å². The molecule has 4 heteroatoms. The molecule has 0 spiro atoms. The van der Waals surface area contributed by atoms with Gasteiger partial charge in [-0.15, -0.1) is 0 Å². The van der Waals surface area contributed by atoms with E-state index >= 15 is 0 Å². The van der Waals surface area contributed by atoms with Crippen LogP contribution in [0, 0.1) is 0 Å². The minimum atomic E-state index is -0.319. The molecule has 0 N–H and O–H groups in total. The van der Waals surface area contributed by atoms with Gasteiger partial charge in [-0.3, -0.25) is 9.59 Å². The summed E-state index contributed by atoms with van der Waals surface area (Å²) in [6.07, 6.45) is 13.5. The summed E-state index contributed by atoms with van der Waals surface area (Å²) in [5, 5.41) is 0. The maximum atomic E-state index is 11.6. The van der Waals surface area contributed by atoms with Gasteiger partial charge in [0.2, 0.25) is 0 Å². The molecule has 0 amide bonds. The van der Waals surface area contributed by atoms with Crippen LogP contribution in [0.2, 0.25) is 0 Å². The molecule has 0 aromatic rings. The minimum Gasteiger partial charge on any atom is -0.461 e. The molecule has 0 atom stereocenters. The number of hydrogen-bond donors (Lipinski definition) is 0. The highest BCUT2D eigenvalue weighted by molar-refractivity contribution is 5.77. The van der Waals surface area contributed by atoms with Gasteiger partial charge >= 0.3 is 11.9 Å². The number of allylic oxidation sites excluding steroid dienone is 2. The van der Waals surface area contributed by atoms with Crippen LogP contribution in [0.5, 0.6) is 0 Å². The third kappa shape index (κ3) is 6.46. The van der Waals surface area contributed by atoms with Crippen molar-refractivity contribution in [2.75, 3.05) is 13.2 Å². The zero-order valence-corrected chi connectivity index (χ0v) is 13.3. The Morgan fingerprint density at radius 3 is 1.59 bits per heavy atom. The predicted molar refractivity (Wildman–Crippen MR) is 84.3 cm³/mol. The van der Waals surface area contributed by atoms with Gasteiger partial charge in [-0.2, -0.15) is 0 Å². The van der Waals surface area contributed by atoms with Crippen molar-refractivity contribution in [3.8, 4) is 0 Å². The van der Waals surface area contributed by atoms with Crippen LogP contribution in [0.1, 0.15) is 64.2 Å². The number of carbonyl (C=O) groups is 2. The van der Waals surface area contributed by atoms with Gasteiger partial charge in [0, 0.05) is 0 Å². The number of carbonyl (C=O) groups excluding carboxylic acids is 2. The van der Waals surface area contributed by atoms with Gasteiger partial charge in [-0.05, 0) is 62.5 Å². The molecule has 122 valence electrons. The molecule has 0 fully saturated rings. The van der Waals surface area contributed by atoms with Crippen molar-refractivity contribution in [3.63, 3.8) is 0 Å². The maximum Gasteiger partial charge on any atom is 0.306 e. The zero-order valence-electron chi connectivity index (χ0n) is 13.3. The highest BCUT2D eigenvalue weighted by Crippen LogP contribution is 2.18. The molecular weight excluding hydrogens is 280 g/mol. The van der Waals surface area contributed by atoms with E-state index in [9.17, 15) is 9.59 Å². The topological polar surface area (TPSA) is 52.6 Å². The first-order valence-corrected chi connectivity index (χ1v) is 8.41. The van der Waals surface area contributed by atoms with Crippen molar-refractivity contribution in [1.29, 1.82) is 0 Å². The Morgan fingerprint density at radius 2 is 1.23 bits per heavy atom. The Hall–Kier alpha value is -1.58. The quantitative estimate of drug-likeness (QED) is 0.529. The largest absolute Gasteiger partial charge is 0.461 e. The Morgan fingerprint density at radius 1 is 0.773 bits per heavy atom. The van der Waals surface area contributed by atoms with E-state index in [2.05, 4.69) is 12.2 Å². The van der Waals surface area contributed by atoms with E-state index in [0.717, 1.165) is 25.7 Å². The van der Waals surface area contributed by atoms with E-state index in [1.165, 1.54) is 36.8 Å². The van der Waals surface area contributed by atoms with Gasteiger partial charge in [0.1, 0.15) is 13.2 Å². The van der Waals surface area contributed by atoms with Gasteiger partial charge in [0.15, 0.2) is 0 Å². The molecule has 0 aromatic heterocycles. The van der Waals surface area contributed by atoms with Crippen LogP contribution in [0.15, 0.2) is 23.3 Å². The van der Waals surface area contributed by atoms with E-state index in [-0.39, 0.29) is 24.8 Å². The number of hydrogen-bond acceptors (Lipinski definition) is 4. The average molecular weight is 306 g/mol. The molecule has 0 unspecified atom stereocenters. The van der Waals surface area contributed by atoms with Crippen molar-refractivity contribution in [1.82, 2.24) is 0 Å². The second kappa shape index (κ2) is 9.44. The SMILES string of the molecule is O=C(CCC(=O)OCC1=CCCCC1)OCC1=CCCCC1. The number of rotatable bonds is 7. The number of ether oxygens (including phenoxy) is 2. The smallest absolute Gasteiger partial charge is 0.306 e. The molecule has 0 aliphatic heterocycles. The van der Waals surface area contributed by atoms with Gasteiger partial charge in [-0.1, -0.05) is 12.2 Å². The second-order valence-electron chi connectivity index (χ2n) is 6.04. The first kappa shape index (κ1) is 16.8. The third-order valence-corrected chi connectivity index (χ3v) is 4.14. The number of esters is 2. The first-order valence-electron chi connectivity index (χ1n) is 8.41. The lowest BCUT2D eigenvalue weighted by Gasteiger charge is -2.13. The van der Waals surface area contributed by atoms with E-state index in [1.807, 2.05) is 0 Å². The summed E-state index contributed by atoms with van der Waals surface area (Å²) in [6, 6.07) is 0. The van der Waals surface area contributed by atoms with Gasteiger partial charge in [-0.25, -0.2) is 0 Å². The van der Waals surface area contributed by atoms with Crippen LogP contribution in [-0.4, -0.2) is 25.2 Å².